The van der Waals surface area contributed by atoms with Crippen molar-refractivity contribution in [3.05, 3.63) is 72.1 Å². The summed E-state index contributed by atoms with van der Waals surface area (Å²) < 4.78 is 0. The normalized spacial score (nSPS) is 12.9. The lowest BCUT2D eigenvalue weighted by Crippen LogP contribution is -2.00. The standard InChI is InChI=1S/C22H27N/c1-5-8-9-10-11-12-13-14-20(6-2)16-18-21-17-15-19(4)23-22(21)7-3/h1,7-11,13-15,17,20H,3,6,12,16,18H2,2,4H3/b9-8-,11-10-,14-13-. The molecule has 1 unspecified atom stereocenters. The van der Waals surface area contributed by atoms with Crippen molar-refractivity contribution in [2.24, 2.45) is 5.92 Å². The molecule has 23 heavy (non-hydrogen) atoms. The molecule has 0 saturated carbocycles. The maximum Gasteiger partial charge on any atom is 0.0658 e. The second kappa shape index (κ2) is 11.3. The van der Waals surface area contributed by atoms with Gasteiger partial charge in [0.05, 0.1) is 5.69 Å². The monoisotopic (exact) mass is 305 g/mol. The van der Waals surface area contributed by atoms with E-state index in [0.29, 0.717) is 5.92 Å². The smallest absolute Gasteiger partial charge is 0.0658 e. The minimum Gasteiger partial charge on any atom is -0.254 e. The summed E-state index contributed by atoms with van der Waals surface area (Å²) in [5, 5.41) is 0. The van der Waals surface area contributed by atoms with Crippen molar-refractivity contribution in [2.75, 3.05) is 0 Å². The van der Waals surface area contributed by atoms with Crippen molar-refractivity contribution in [2.45, 2.75) is 39.5 Å². The minimum atomic E-state index is 0.601. The van der Waals surface area contributed by atoms with Crippen LogP contribution >= 0.6 is 0 Å². The lowest BCUT2D eigenvalue weighted by atomic mass is 9.95. The maximum atomic E-state index is 5.14. The Hall–Kier alpha value is -2.33. The van der Waals surface area contributed by atoms with Crippen molar-refractivity contribution in [3.8, 4) is 12.3 Å². The highest BCUT2D eigenvalue weighted by Gasteiger charge is 2.06. The van der Waals surface area contributed by atoms with E-state index in [4.69, 9.17) is 6.42 Å². The van der Waals surface area contributed by atoms with Crippen molar-refractivity contribution >= 4 is 6.08 Å². The fourth-order valence-corrected chi connectivity index (χ4v) is 2.39. The lowest BCUT2D eigenvalue weighted by molar-refractivity contribution is 0.570. The average Bonchev–Trinajstić information content (AvgIpc) is 2.57. The number of hydrogen-bond donors (Lipinski definition) is 0. The van der Waals surface area contributed by atoms with Crippen molar-refractivity contribution in [1.29, 1.82) is 0 Å². The molecule has 1 nitrogen and oxygen atoms in total. The molecule has 0 aromatic carbocycles. The molecule has 1 rings (SSSR count). The first-order chi connectivity index (χ1) is 11.2. The predicted molar refractivity (Wildman–Crippen MR) is 102 cm³/mol. The SMILES string of the molecule is C#C/C=C\C=C/C/C=C\C(CC)CCc1ccc(C)nc1C=C. The van der Waals surface area contributed by atoms with Crippen molar-refractivity contribution in [1.82, 2.24) is 4.98 Å². The molecule has 0 fully saturated rings. The Morgan fingerprint density at radius 2 is 2.13 bits per heavy atom. The van der Waals surface area contributed by atoms with Gasteiger partial charge in [-0.2, -0.15) is 0 Å². The van der Waals surface area contributed by atoms with E-state index >= 15 is 0 Å². The summed E-state index contributed by atoms with van der Waals surface area (Å²) in [4.78, 5) is 4.54. The van der Waals surface area contributed by atoms with E-state index in [9.17, 15) is 0 Å². The topological polar surface area (TPSA) is 12.9 Å². The molecule has 120 valence electrons. The molecule has 1 heterocycles. The highest BCUT2D eigenvalue weighted by Crippen LogP contribution is 2.18. The van der Waals surface area contributed by atoms with Crippen molar-refractivity contribution < 1.29 is 0 Å². The zero-order chi connectivity index (χ0) is 16.9. The van der Waals surface area contributed by atoms with Gasteiger partial charge in [-0.3, -0.25) is 4.98 Å². The Bertz CT molecular complexity index is 611. The Balaban J connectivity index is 2.51. The number of nitrogens with zero attached hydrogens (tertiary/aromatic N) is 1. The number of allylic oxidation sites excluding steroid dienone is 6. The fourth-order valence-electron chi connectivity index (χ4n) is 2.39. The fraction of sp³-hybridized carbons (Fsp3) is 0.318. The van der Waals surface area contributed by atoms with Crippen LogP contribution < -0.4 is 0 Å². The predicted octanol–water partition coefficient (Wildman–Crippen LogP) is 5.68. The van der Waals surface area contributed by atoms with Gasteiger partial charge in [0, 0.05) is 5.69 Å². The molecule has 0 aliphatic heterocycles. The van der Waals surface area contributed by atoms with Gasteiger partial charge in [0.15, 0.2) is 0 Å². The third kappa shape index (κ3) is 7.47. The molecule has 0 aliphatic rings. The number of rotatable bonds is 9. The summed E-state index contributed by atoms with van der Waals surface area (Å²) in [6.45, 7) is 8.12. The highest BCUT2D eigenvalue weighted by molar-refractivity contribution is 5.47. The van der Waals surface area contributed by atoms with Crippen LogP contribution in [0.25, 0.3) is 6.08 Å². The molecular weight excluding hydrogens is 278 g/mol. The molecule has 0 amide bonds. The number of aromatic nitrogens is 1. The molecule has 1 heteroatoms. The second-order valence-corrected chi connectivity index (χ2v) is 5.53. The van der Waals surface area contributed by atoms with Gasteiger partial charge in [-0.05, 0) is 62.3 Å². The van der Waals surface area contributed by atoms with E-state index in [1.54, 1.807) is 6.08 Å². The number of terminal acetylenes is 1. The van der Waals surface area contributed by atoms with Gasteiger partial charge in [0.25, 0.3) is 0 Å². The molecule has 0 saturated heterocycles. The van der Waals surface area contributed by atoms with E-state index < -0.39 is 0 Å². The Morgan fingerprint density at radius 1 is 1.30 bits per heavy atom. The molecule has 0 aliphatic carbocycles. The molecular formula is C22H27N. The number of pyridine rings is 1. The number of hydrogen-bond acceptors (Lipinski definition) is 1. The largest absolute Gasteiger partial charge is 0.254 e. The van der Waals surface area contributed by atoms with E-state index in [0.717, 1.165) is 37.1 Å². The summed E-state index contributed by atoms with van der Waals surface area (Å²) in [5.74, 6) is 3.07. The zero-order valence-electron chi connectivity index (χ0n) is 14.3. The molecule has 0 spiro atoms. The molecule has 0 N–H and O–H groups in total. The highest BCUT2D eigenvalue weighted by atomic mass is 14.7. The molecule has 1 atom stereocenters. The van der Waals surface area contributed by atoms with E-state index in [-0.39, 0.29) is 0 Å². The van der Waals surface area contributed by atoms with Gasteiger partial charge in [-0.25, -0.2) is 0 Å². The quantitative estimate of drug-likeness (QED) is 0.325. The average molecular weight is 305 g/mol. The van der Waals surface area contributed by atoms with Crippen molar-refractivity contribution in [3.63, 3.8) is 0 Å². The van der Waals surface area contributed by atoms with Crippen LogP contribution in [-0.4, -0.2) is 4.98 Å². The van der Waals surface area contributed by atoms with E-state index in [1.165, 1.54) is 5.56 Å². The Kier molecular flexibility index (Phi) is 9.17. The third-order valence-corrected chi connectivity index (χ3v) is 3.77. The molecule has 0 radical (unpaired) electrons. The van der Waals surface area contributed by atoms with Gasteiger partial charge in [0.2, 0.25) is 0 Å². The van der Waals surface area contributed by atoms with Gasteiger partial charge in [-0.1, -0.05) is 55.9 Å². The summed E-state index contributed by atoms with van der Waals surface area (Å²) in [6, 6.07) is 4.25. The van der Waals surface area contributed by atoms with Crippen LogP contribution in [0.15, 0.2) is 55.2 Å². The zero-order valence-corrected chi connectivity index (χ0v) is 14.3. The first kappa shape index (κ1) is 18.7. The molecule has 1 aromatic rings. The third-order valence-electron chi connectivity index (χ3n) is 3.77. The van der Waals surface area contributed by atoms with Crippen LogP contribution in [0.5, 0.6) is 0 Å². The van der Waals surface area contributed by atoms with Crippen LogP contribution in [0.3, 0.4) is 0 Å². The first-order valence-corrected chi connectivity index (χ1v) is 8.24. The Labute approximate surface area is 141 Å². The minimum absolute atomic E-state index is 0.601. The summed E-state index contributed by atoms with van der Waals surface area (Å²) >= 11 is 0. The summed E-state index contributed by atoms with van der Waals surface area (Å²) in [6.07, 6.45) is 23.5. The molecule has 1 aromatic heterocycles. The van der Waals surface area contributed by atoms with Gasteiger partial charge in [-0.15, -0.1) is 6.42 Å². The number of aryl methyl sites for hydroxylation is 2. The van der Waals surface area contributed by atoms with Crippen LogP contribution in [0.2, 0.25) is 0 Å². The van der Waals surface area contributed by atoms with Crippen LogP contribution in [0.4, 0.5) is 0 Å². The first-order valence-electron chi connectivity index (χ1n) is 8.24. The van der Waals surface area contributed by atoms with Gasteiger partial charge in [0.1, 0.15) is 0 Å². The summed E-state index contributed by atoms with van der Waals surface area (Å²) in [7, 11) is 0. The Morgan fingerprint density at radius 3 is 2.83 bits per heavy atom. The van der Waals surface area contributed by atoms with Gasteiger partial charge >= 0.3 is 0 Å². The van der Waals surface area contributed by atoms with Crippen LogP contribution in [0.1, 0.15) is 43.1 Å². The second-order valence-electron chi connectivity index (χ2n) is 5.53. The maximum absolute atomic E-state index is 5.14. The van der Waals surface area contributed by atoms with E-state index in [1.807, 2.05) is 25.2 Å². The molecule has 0 bridgehead atoms. The van der Waals surface area contributed by atoms with Gasteiger partial charge < -0.3 is 0 Å². The summed E-state index contributed by atoms with van der Waals surface area (Å²) in [5.41, 5.74) is 3.35. The lowest BCUT2D eigenvalue weighted by Gasteiger charge is -2.11. The van der Waals surface area contributed by atoms with Crippen LogP contribution in [-0.2, 0) is 6.42 Å². The van der Waals surface area contributed by atoms with E-state index in [2.05, 4.69) is 54.8 Å². The van der Waals surface area contributed by atoms with Crippen LogP contribution in [0, 0.1) is 25.2 Å².